The number of pyridine rings is 1. The fourth-order valence-electron chi connectivity index (χ4n) is 6.01. The van der Waals surface area contributed by atoms with Crippen LogP contribution < -0.4 is 25.7 Å². The van der Waals surface area contributed by atoms with Crippen LogP contribution in [0.5, 0.6) is 11.5 Å². The van der Waals surface area contributed by atoms with Crippen LogP contribution in [0.2, 0.25) is 0 Å². The molecule has 3 heterocycles. The zero-order valence-electron chi connectivity index (χ0n) is 27.4. The van der Waals surface area contributed by atoms with Crippen LogP contribution in [0.3, 0.4) is 0 Å². The summed E-state index contributed by atoms with van der Waals surface area (Å²) in [5.74, 6) is 0.223. The summed E-state index contributed by atoms with van der Waals surface area (Å²) in [5, 5.41) is 6.52. The summed E-state index contributed by atoms with van der Waals surface area (Å²) < 4.78 is 15.0. The number of aryl methyl sites for hydroxylation is 1. The molecule has 12 nitrogen and oxygen atoms in total. The number of carbonyl (C=O) groups excluding carboxylic acids is 3. The first kappa shape index (κ1) is 33.0. The summed E-state index contributed by atoms with van der Waals surface area (Å²) in [6.07, 6.45) is 4.11. The number of hydrogen-bond donors (Lipinski definition) is 2. The fourth-order valence-corrected chi connectivity index (χ4v) is 6.01. The lowest BCUT2D eigenvalue weighted by atomic mass is 10.1. The van der Waals surface area contributed by atoms with Crippen molar-refractivity contribution >= 4 is 28.6 Å². The molecule has 1 aliphatic rings. The maximum Gasteiger partial charge on any atom is 0.263 e. The first-order chi connectivity index (χ1) is 23.8. The molecule has 49 heavy (non-hydrogen) atoms. The van der Waals surface area contributed by atoms with E-state index in [0.29, 0.717) is 41.2 Å². The highest BCUT2D eigenvalue weighted by Crippen LogP contribution is 2.32. The van der Waals surface area contributed by atoms with E-state index in [9.17, 15) is 19.2 Å². The molecule has 1 atom stereocenters. The van der Waals surface area contributed by atoms with Crippen molar-refractivity contribution in [3.63, 3.8) is 0 Å². The van der Waals surface area contributed by atoms with Gasteiger partial charge in [-0.2, -0.15) is 0 Å². The van der Waals surface area contributed by atoms with Crippen molar-refractivity contribution < 1.29 is 23.9 Å². The molecule has 6 rings (SSSR count). The molecule has 0 unspecified atom stereocenters. The molecule has 0 aliphatic carbocycles. The molecule has 3 aromatic carbocycles. The molecule has 252 valence electrons. The number of rotatable bonds is 4. The van der Waals surface area contributed by atoms with E-state index in [-0.39, 0.29) is 44.1 Å². The zero-order chi connectivity index (χ0) is 34.3. The van der Waals surface area contributed by atoms with Crippen LogP contribution in [0.4, 0.5) is 0 Å². The van der Waals surface area contributed by atoms with Crippen LogP contribution >= 0.6 is 0 Å². The van der Waals surface area contributed by atoms with Gasteiger partial charge in [0.05, 0.1) is 25.8 Å². The maximum absolute atomic E-state index is 14.0. The normalized spacial score (nSPS) is 16.0. The highest BCUT2D eigenvalue weighted by atomic mass is 16.5. The van der Waals surface area contributed by atoms with Gasteiger partial charge in [-0.05, 0) is 47.7 Å². The van der Waals surface area contributed by atoms with Gasteiger partial charge in [0.1, 0.15) is 17.4 Å². The van der Waals surface area contributed by atoms with Crippen molar-refractivity contribution in [2.24, 2.45) is 7.05 Å². The molecule has 5 aromatic rings. The highest BCUT2D eigenvalue weighted by molar-refractivity contribution is 5.99. The molecule has 0 radical (unpaired) electrons. The second kappa shape index (κ2) is 14.9. The van der Waals surface area contributed by atoms with Gasteiger partial charge in [0.2, 0.25) is 11.8 Å². The van der Waals surface area contributed by atoms with Crippen molar-refractivity contribution in [2.75, 3.05) is 33.4 Å². The number of nitrogens with zero attached hydrogens (tertiary/aromatic N) is 4. The Morgan fingerprint density at radius 3 is 2.61 bits per heavy atom. The van der Waals surface area contributed by atoms with Crippen LogP contribution in [0, 0.1) is 0 Å². The Hall–Kier alpha value is -5.91. The standard InChI is InChI=1S/C37H38N6O6/c1-41-30-12-7-6-11-26(30)22-28(36(41)46)37(47)43-17-8-20-49-32-23-27(13-14-31(32)48-2)34-38-15-18-42(34)19-16-39-35(45)29(40-33(44)24-43)21-25-9-4-3-5-10-25/h3-7,9-15,18,22-23,29H,8,16-17,19-21,24H2,1-2H3,(H,39,45)(H,40,44)/t29-/m0/s1. The molecule has 0 fully saturated rings. The van der Waals surface area contributed by atoms with E-state index in [2.05, 4.69) is 15.6 Å². The average Bonchev–Trinajstić information content (AvgIpc) is 3.59. The van der Waals surface area contributed by atoms with E-state index in [1.54, 1.807) is 38.6 Å². The van der Waals surface area contributed by atoms with Crippen molar-refractivity contribution in [3.8, 4) is 22.9 Å². The topological polar surface area (TPSA) is 137 Å². The summed E-state index contributed by atoms with van der Waals surface area (Å²) >= 11 is 0. The smallest absolute Gasteiger partial charge is 0.263 e. The lowest BCUT2D eigenvalue weighted by Crippen LogP contribution is -2.52. The average molecular weight is 663 g/mol. The minimum atomic E-state index is -0.908. The number of ether oxygens (including phenoxy) is 2. The van der Waals surface area contributed by atoms with Gasteiger partial charge in [-0.25, -0.2) is 4.98 Å². The quantitative estimate of drug-likeness (QED) is 0.302. The Kier molecular flexibility index (Phi) is 10.0. The predicted octanol–water partition coefficient (Wildman–Crippen LogP) is 3.18. The fraction of sp³-hybridized carbons (Fsp3) is 0.270. The molecule has 12 heteroatoms. The number of imidazole rings is 1. The Morgan fingerprint density at radius 2 is 1.80 bits per heavy atom. The van der Waals surface area contributed by atoms with E-state index >= 15 is 0 Å². The second-order valence-corrected chi connectivity index (χ2v) is 11.8. The van der Waals surface area contributed by atoms with Gasteiger partial charge in [0.25, 0.3) is 11.5 Å². The van der Waals surface area contributed by atoms with Gasteiger partial charge in [-0.15, -0.1) is 0 Å². The van der Waals surface area contributed by atoms with Gasteiger partial charge in [0, 0.05) is 51.1 Å². The van der Waals surface area contributed by atoms with Crippen molar-refractivity contribution in [3.05, 3.63) is 113 Å². The van der Waals surface area contributed by atoms with Gasteiger partial charge in [-0.3, -0.25) is 19.2 Å². The molecule has 2 bridgehead atoms. The number of methoxy groups -OCH3 is 1. The van der Waals surface area contributed by atoms with E-state index in [4.69, 9.17) is 9.47 Å². The number of amides is 3. The zero-order valence-corrected chi connectivity index (χ0v) is 27.4. The minimum absolute atomic E-state index is 0.0551. The maximum atomic E-state index is 14.0. The van der Waals surface area contributed by atoms with E-state index in [0.717, 1.165) is 11.1 Å². The predicted molar refractivity (Wildman–Crippen MR) is 185 cm³/mol. The number of benzene rings is 3. The molecular formula is C37H38N6O6. The molecule has 3 amide bonds. The van der Waals surface area contributed by atoms with E-state index in [1.165, 1.54) is 9.47 Å². The van der Waals surface area contributed by atoms with Crippen LogP contribution in [0.25, 0.3) is 22.3 Å². The number of hydrogen-bond acceptors (Lipinski definition) is 7. The van der Waals surface area contributed by atoms with Crippen LogP contribution in [-0.2, 0) is 29.6 Å². The Labute approximate surface area is 283 Å². The molecular weight excluding hydrogens is 624 g/mol. The molecule has 2 aromatic heterocycles. The van der Waals surface area contributed by atoms with Crippen molar-refractivity contribution in [1.82, 2.24) is 29.7 Å². The van der Waals surface area contributed by atoms with Crippen molar-refractivity contribution in [2.45, 2.75) is 25.4 Å². The van der Waals surface area contributed by atoms with Crippen LogP contribution in [-0.4, -0.2) is 76.1 Å². The van der Waals surface area contributed by atoms with Crippen LogP contribution in [0.1, 0.15) is 22.3 Å². The highest BCUT2D eigenvalue weighted by Gasteiger charge is 2.26. The van der Waals surface area contributed by atoms with E-state index in [1.807, 2.05) is 71.4 Å². The molecule has 1 aliphatic heterocycles. The summed E-state index contributed by atoms with van der Waals surface area (Å²) in [7, 11) is 3.17. The number of para-hydroxylation sites is 1. The molecule has 0 spiro atoms. The Morgan fingerprint density at radius 1 is 1.00 bits per heavy atom. The SMILES string of the molecule is COc1ccc2cc1OCCCN(C(=O)c1cc3ccccc3n(C)c1=O)CC(=O)N[C@@H](Cc1ccccc1)C(=O)NCCn1ccnc1-2. The van der Waals surface area contributed by atoms with Crippen LogP contribution in [0.15, 0.2) is 96.1 Å². The minimum Gasteiger partial charge on any atom is -0.493 e. The number of nitrogens with one attached hydrogen (secondary N) is 2. The Bertz CT molecular complexity index is 2040. The Balaban J connectivity index is 1.33. The number of carbonyl (C=O) groups is 3. The first-order valence-corrected chi connectivity index (χ1v) is 16.1. The lowest BCUT2D eigenvalue weighted by Gasteiger charge is -2.25. The monoisotopic (exact) mass is 662 g/mol. The number of fused-ring (bicyclic) bond motifs is 5. The van der Waals surface area contributed by atoms with Gasteiger partial charge >= 0.3 is 0 Å². The summed E-state index contributed by atoms with van der Waals surface area (Å²) in [6.45, 7) is 0.625. The molecule has 2 N–H and O–H groups in total. The molecule has 0 saturated heterocycles. The van der Waals surface area contributed by atoms with Gasteiger partial charge < -0.3 is 34.1 Å². The summed E-state index contributed by atoms with van der Waals surface area (Å²) in [6, 6.07) is 22.9. The molecule has 0 saturated carbocycles. The number of aromatic nitrogens is 3. The van der Waals surface area contributed by atoms with E-state index < -0.39 is 23.4 Å². The largest absolute Gasteiger partial charge is 0.493 e. The summed E-state index contributed by atoms with van der Waals surface area (Å²) in [5.41, 5.74) is 1.82. The second-order valence-electron chi connectivity index (χ2n) is 11.8. The third-order valence-electron chi connectivity index (χ3n) is 8.54. The van der Waals surface area contributed by atoms with Crippen molar-refractivity contribution in [1.29, 1.82) is 0 Å². The lowest BCUT2D eigenvalue weighted by molar-refractivity contribution is -0.129. The first-order valence-electron chi connectivity index (χ1n) is 16.1. The van der Waals surface area contributed by atoms with Gasteiger partial charge in [-0.1, -0.05) is 48.5 Å². The summed E-state index contributed by atoms with van der Waals surface area (Å²) in [4.78, 5) is 60.5. The van der Waals surface area contributed by atoms with Gasteiger partial charge in [0.15, 0.2) is 11.5 Å². The third kappa shape index (κ3) is 7.48. The third-order valence-corrected chi connectivity index (χ3v) is 8.54.